The molecule has 3 N–H and O–H groups in total. The molecule has 6 heteroatoms. The Morgan fingerprint density at radius 3 is 2.90 bits per heavy atom. The molecule has 104 valence electrons. The SMILES string of the molecule is O=C1CCC(C(=O)N[C@@H]2c3ccccc3C[C@@H]2O)=NN1. The molecule has 0 spiro atoms. The smallest absolute Gasteiger partial charge is 0.268 e. The van der Waals surface area contributed by atoms with E-state index in [0.717, 1.165) is 11.1 Å². The van der Waals surface area contributed by atoms with Crippen molar-refractivity contribution in [2.24, 2.45) is 5.10 Å². The minimum Gasteiger partial charge on any atom is -0.390 e. The van der Waals surface area contributed by atoms with Crippen LogP contribution in [0.2, 0.25) is 0 Å². The van der Waals surface area contributed by atoms with Crippen LogP contribution in [0.1, 0.15) is 30.0 Å². The maximum atomic E-state index is 12.1. The van der Waals surface area contributed by atoms with E-state index < -0.39 is 12.1 Å². The summed E-state index contributed by atoms with van der Waals surface area (Å²) in [5, 5.41) is 16.6. The van der Waals surface area contributed by atoms with Gasteiger partial charge < -0.3 is 10.4 Å². The quantitative estimate of drug-likeness (QED) is 0.710. The van der Waals surface area contributed by atoms with Gasteiger partial charge in [0.15, 0.2) is 0 Å². The van der Waals surface area contributed by atoms with Crippen LogP contribution in [-0.4, -0.2) is 28.7 Å². The molecule has 0 saturated heterocycles. The Bertz CT molecular complexity index is 597. The lowest BCUT2D eigenvalue weighted by atomic mass is 10.1. The number of rotatable bonds is 2. The minimum absolute atomic E-state index is 0.187. The van der Waals surface area contributed by atoms with Crippen molar-refractivity contribution in [1.29, 1.82) is 0 Å². The van der Waals surface area contributed by atoms with Crippen molar-refractivity contribution in [2.45, 2.75) is 31.4 Å². The van der Waals surface area contributed by atoms with Gasteiger partial charge in [0, 0.05) is 19.3 Å². The predicted octanol–water partition coefficient (Wildman–Crippen LogP) is 0.0269. The fourth-order valence-electron chi connectivity index (χ4n) is 2.61. The zero-order chi connectivity index (χ0) is 14.1. The van der Waals surface area contributed by atoms with Crippen molar-refractivity contribution in [3.05, 3.63) is 35.4 Å². The first-order chi connectivity index (χ1) is 9.65. The summed E-state index contributed by atoms with van der Waals surface area (Å²) in [5.41, 5.74) is 4.57. The molecule has 0 unspecified atom stereocenters. The Morgan fingerprint density at radius 2 is 2.15 bits per heavy atom. The average molecular weight is 273 g/mol. The van der Waals surface area contributed by atoms with E-state index in [2.05, 4.69) is 15.8 Å². The number of hydrazone groups is 1. The third kappa shape index (κ3) is 2.30. The molecular formula is C14H15N3O3. The number of aliphatic hydroxyl groups is 1. The molecule has 1 aromatic rings. The fraction of sp³-hybridized carbons (Fsp3) is 0.357. The van der Waals surface area contributed by atoms with Gasteiger partial charge in [0.25, 0.3) is 5.91 Å². The van der Waals surface area contributed by atoms with Gasteiger partial charge in [-0.2, -0.15) is 5.10 Å². The van der Waals surface area contributed by atoms with Crippen LogP contribution in [0.5, 0.6) is 0 Å². The summed E-state index contributed by atoms with van der Waals surface area (Å²) in [4.78, 5) is 23.1. The maximum absolute atomic E-state index is 12.1. The first kappa shape index (κ1) is 12.8. The number of fused-ring (bicyclic) bond motifs is 1. The zero-order valence-corrected chi connectivity index (χ0v) is 10.8. The molecule has 0 saturated carbocycles. The third-order valence-corrected chi connectivity index (χ3v) is 3.66. The van der Waals surface area contributed by atoms with Gasteiger partial charge in [-0.15, -0.1) is 0 Å². The highest BCUT2D eigenvalue weighted by molar-refractivity contribution is 6.39. The van der Waals surface area contributed by atoms with Crippen LogP contribution in [0.4, 0.5) is 0 Å². The number of carbonyl (C=O) groups is 2. The van der Waals surface area contributed by atoms with Gasteiger partial charge in [0.2, 0.25) is 5.91 Å². The number of nitrogens with zero attached hydrogens (tertiary/aromatic N) is 1. The molecular weight excluding hydrogens is 258 g/mol. The van der Waals surface area contributed by atoms with E-state index in [1.165, 1.54) is 0 Å². The highest BCUT2D eigenvalue weighted by Gasteiger charge is 2.33. The van der Waals surface area contributed by atoms with Crippen molar-refractivity contribution in [2.75, 3.05) is 0 Å². The number of hydrogen-bond donors (Lipinski definition) is 3. The summed E-state index contributed by atoms with van der Waals surface area (Å²) in [6.07, 6.45) is 0.484. The summed E-state index contributed by atoms with van der Waals surface area (Å²) in [6, 6.07) is 7.23. The molecule has 2 aliphatic rings. The van der Waals surface area contributed by atoms with Crippen molar-refractivity contribution in [1.82, 2.24) is 10.7 Å². The van der Waals surface area contributed by atoms with Crippen LogP contribution in [0.15, 0.2) is 29.4 Å². The first-order valence-electron chi connectivity index (χ1n) is 6.57. The van der Waals surface area contributed by atoms with Gasteiger partial charge in [0.05, 0.1) is 12.1 Å². The fourth-order valence-corrected chi connectivity index (χ4v) is 2.61. The standard InChI is InChI=1S/C14H15N3O3/c18-11-7-8-3-1-2-4-9(8)13(11)15-14(20)10-5-6-12(19)17-16-10/h1-4,11,13,18H,5-7H2,(H,15,20)(H,17,19)/t11-,13+/m0/s1. The second kappa shape index (κ2) is 5.05. The van der Waals surface area contributed by atoms with Gasteiger partial charge in [-0.1, -0.05) is 24.3 Å². The largest absolute Gasteiger partial charge is 0.390 e. The normalized spacial score (nSPS) is 24.6. The molecule has 0 bridgehead atoms. The number of hydrogen-bond acceptors (Lipinski definition) is 4. The zero-order valence-electron chi connectivity index (χ0n) is 10.8. The highest BCUT2D eigenvalue weighted by atomic mass is 16.3. The molecule has 1 aromatic carbocycles. The van der Waals surface area contributed by atoms with Crippen LogP contribution in [0.3, 0.4) is 0 Å². The van der Waals surface area contributed by atoms with Gasteiger partial charge in [-0.25, -0.2) is 5.43 Å². The van der Waals surface area contributed by atoms with Crippen molar-refractivity contribution in [3.63, 3.8) is 0 Å². The maximum Gasteiger partial charge on any atom is 0.268 e. The molecule has 1 aliphatic carbocycles. The summed E-state index contributed by atoms with van der Waals surface area (Å²) < 4.78 is 0. The van der Waals surface area contributed by atoms with Gasteiger partial charge in [0.1, 0.15) is 5.71 Å². The Kier molecular flexibility index (Phi) is 3.23. The number of aliphatic hydroxyl groups excluding tert-OH is 1. The molecule has 0 aromatic heterocycles. The van der Waals surface area contributed by atoms with E-state index in [9.17, 15) is 14.7 Å². The van der Waals surface area contributed by atoms with Crippen LogP contribution in [0, 0.1) is 0 Å². The van der Waals surface area contributed by atoms with Gasteiger partial charge in [-0.05, 0) is 11.1 Å². The van der Waals surface area contributed by atoms with E-state index in [-0.39, 0.29) is 18.2 Å². The Hall–Kier alpha value is -2.21. The van der Waals surface area contributed by atoms with E-state index in [0.29, 0.717) is 18.6 Å². The van der Waals surface area contributed by atoms with Crippen molar-refractivity contribution >= 4 is 17.5 Å². The van der Waals surface area contributed by atoms with E-state index in [4.69, 9.17) is 0 Å². The first-order valence-corrected chi connectivity index (χ1v) is 6.57. The lowest BCUT2D eigenvalue weighted by molar-refractivity contribution is -0.121. The van der Waals surface area contributed by atoms with E-state index in [1.54, 1.807) is 0 Å². The molecule has 0 fully saturated rings. The lowest BCUT2D eigenvalue weighted by Gasteiger charge is -2.19. The van der Waals surface area contributed by atoms with Gasteiger partial charge in [-0.3, -0.25) is 9.59 Å². The van der Waals surface area contributed by atoms with E-state index >= 15 is 0 Å². The Balaban J connectivity index is 1.75. The Labute approximate surface area is 115 Å². The topological polar surface area (TPSA) is 90.8 Å². The molecule has 3 rings (SSSR count). The summed E-state index contributed by atoms with van der Waals surface area (Å²) >= 11 is 0. The van der Waals surface area contributed by atoms with Crippen LogP contribution in [0.25, 0.3) is 0 Å². The molecule has 0 radical (unpaired) electrons. The molecule has 2 amide bonds. The van der Waals surface area contributed by atoms with Crippen molar-refractivity contribution in [3.8, 4) is 0 Å². The number of amides is 2. The number of carbonyl (C=O) groups excluding carboxylic acids is 2. The molecule has 6 nitrogen and oxygen atoms in total. The Morgan fingerprint density at radius 1 is 1.35 bits per heavy atom. The summed E-state index contributed by atoms with van der Waals surface area (Å²) in [5.74, 6) is -0.529. The summed E-state index contributed by atoms with van der Waals surface area (Å²) in [6.45, 7) is 0. The predicted molar refractivity (Wildman–Crippen MR) is 71.8 cm³/mol. The lowest BCUT2D eigenvalue weighted by Crippen LogP contribution is -2.41. The van der Waals surface area contributed by atoms with Crippen LogP contribution in [-0.2, 0) is 16.0 Å². The van der Waals surface area contributed by atoms with Crippen molar-refractivity contribution < 1.29 is 14.7 Å². The highest BCUT2D eigenvalue weighted by Crippen LogP contribution is 2.31. The molecule has 1 heterocycles. The summed E-state index contributed by atoms with van der Waals surface area (Å²) in [7, 11) is 0. The monoisotopic (exact) mass is 273 g/mol. The minimum atomic E-state index is -0.630. The second-order valence-corrected chi connectivity index (χ2v) is 5.01. The van der Waals surface area contributed by atoms with Gasteiger partial charge >= 0.3 is 0 Å². The van der Waals surface area contributed by atoms with Crippen LogP contribution >= 0.6 is 0 Å². The van der Waals surface area contributed by atoms with E-state index in [1.807, 2.05) is 24.3 Å². The molecule has 2 atom stereocenters. The molecule has 20 heavy (non-hydrogen) atoms. The molecule has 1 aliphatic heterocycles. The van der Waals surface area contributed by atoms with Crippen LogP contribution < -0.4 is 10.7 Å². The number of nitrogens with one attached hydrogen (secondary N) is 2. The average Bonchev–Trinajstić information content (AvgIpc) is 2.76. The number of benzene rings is 1. The third-order valence-electron chi connectivity index (χ3n) is 3.66. The second-order valence-electron chi connectivity index (χ2n) is 5.01.